The van der Waals surface area contributed by atoms with Crippen LogP contribution in [0.15, 0.2) is 41.0 Å². The monoisotopic (exact) mass is 295 g/mol. The van der Waals surface area contributed by atoms with Gasteiger partial charge >= 0.3 is 0 Å². The van der Waals surface area contributed by atoms with Crippen molar-refractivity contribution in [3.63, 3.8) is 0 Å². The number of benzene rings is 1. The molecule has 0 atom stereocenters. The van der Waals surface area contributed by atoms with Crippen molar-refractivity contribution in [3.8, 4) is 0 Å². The third-order valence-electron chi connectivity index (χ3n) is 4.12. The Morgan fingerprint density at radius 2 is 2.27 bits per heavy atom. The van der Waals surface area contributed by atoms with E-state index >= 15 is 0 Å². The van der Waals surface area contributed by atoms with Crippen molar-refractivity contribution in [2.24, 2.45) is 7.05 Å². The molecule has 1 aliphatic carbocycles. The minimum atomic E-state index is -0.204. The second-order valence-electron chi connectivity index (χ2n) is 5.79. The SMILES string of the molecule is Cn1c(C2CC2)nc2cc(CNC(=O)c3ccco3)ccc21. The summed E-state index contributed by atoms with van der Waals surface area (Å²) in [6.07, 6.45) is 3.97. The lowest BCUT2D eigenvalue weighted by molar-refractivity contribution is 0.0923. The third-order valence-corrected chi connectivity index (χ3v) is 4.12. The Hall–Kier alpha value is -2.56. The van der Waals surface area contributed by atoms with Crippen LogP contribution in [-0.2, 0) is 13.6 Å². The fourth-order valence-electron chi connectivity index (χ4n) is 2.76. The molecule has 1 amide bonds. The molecule has 1 N–H and O–H groups in total. The van der Waals surface area contributed by atoms with Crippen LogP contribution in [-0.4, -0.2) is 15.5 Å². The molecule has 4 rings (SSSR count). The van der Waals surface area contributed by atoms with Crippen molar-refractivity contribution >= 4 is 16.9 Å². The lowest BCUT2D eigenvalue weighted by Gasteiger charge is -2.04. The normalized spacial score (nSPS) is 14.4. The van der Waals surface area contributed by atoms with E-state index in [4.69, 9.17) is 9.40 Å². The van der Waals surface area contributed by atoms with Gasteiger partial charge in [0.05, 0.1) is 17.3 Å². The van der Waals surface area contributed by atoms with Crippen LogP contribution < -0.4 is 5.32 Å². The standard InChI is InChI=1S/C17H17N3O2/c1-20-14-7-4-11(9-13(14)19-16(20)12-5-6-12)10-18-17(21)15-3-2-8-22-15/h2-4,7-9,12H,5-6,10H2,1H3,(H,18,21). The van der Waals surface area contributed by atoms with Gasteiger partial charge in [0.25, 0.3) is 5.91 Å². The molecule has 2 heterocycles. The molecule has 1 saturated carbocycles. The van der Waals surface area contributed by atoms with E-state index < -0.39 is 0 Å². The highest BCUT2D eigenvalue weighted by atomic mass is 16.3. The molecule has 1 aromatic carbocycles. The first-order chi connectivity index (χ1) is 10.7. The fourth-order valence-corrected chi connectivity index (χ4v) is 2.76. The fraction of sp³-hybridized carbons (Fsp3) is 0.294. The van der Waals surface area contributed by atoms with Gasteiger partial charge < -0.3 is 14.3 Å². The molecule has 2 aromatic heterocycles. The summed E-state index contributed by atoms with van der Waals surface area (Å²) in [6.45, 7) is 0.463. The van der Waals surface area contributed by atoms with E-state index in [9.17, 15) is 4.79 Å². The molecule has 0 spiro atoms. The summed E-state index contributed by atoms with van der Waals surface area (Å²) in [5.41, 5.74) is 3.17. The summed E-state index contributed by atoms with van der Waals surface area (Å²) in [4.78, 5) is 16.6. The number of furan rings is 1. The molecule has 22 heavy (non-hydrogen) atoms. The van der Waals surface area contributed by atoms with Crippen LogP contribution >= 0.6 is 0 Å². The van der Waals surface area contributed by atoms with Crippen molar-refractivity contribution in [1.82, 2.24) is 14.9 Å². The van der Waals surface area contributed by atoms with Crippen molar-refractivity contribution in [2.45, 2.75) is 25.3 Å². The number of imidazole rings is 1. The first-order valence-corrected chi connectivity index (χ1v) is 7.49. The van der Waals surface area contributed by atoms with E-state index in [0.29, 0.717) is 18.2 Å². The molecular weight excluding hydrogens is 278 g/mol. The summed E-state index contributed by atoms with van der Waals surface area (Å²) in [5.74, 6) is 1.92. The minimum absolute atomic E-state index is 0.204. The number of nitrogens with one attached hydrogen (secondary N) is 1. The van der Waals surface area contributed by atoms with Crippen molar-refractivity contribution in [1.29, 1.82) is 0 Å². The Morgan fingerprint density at radius 3 is 3.00 bits per heavy atom. The smallest absolute Gasteiger partial charge is 0.287 e. The largest absolute Gasteiger partial charge is 0.459 e. The molecule has 0 bridgehead atoms. The van der Waals surface area contributed by atoms with E-state index in [1.165, 1.54) is 24.9 Å². The van der Waals surface area contributed by atoms with Crippen LogP contribution in [0.25, 0.3) is 11.0 Å². The number of hydrogen-bond acceptors (Lipinski definition) is 3. The van der Waals surface area contributed by atoms with Gasteiger partial charge in [0.2, 0.25) is 0 Å². The molecule has 0 unspecified atom stereocenters. The van der Waals surface area contributed by atoms with Gasteiger partial charge in [0.15, 0.2) is 5.76 Å². The van der Waals surface area contributed by atoms with Crippen LogP contribution in [0.1, 0.15) is 40.7 Å². The first kappa shape index (κ1) is 13.1. The van der Waals surface area contributed by atoms with Crippen LogP contribution in [0.4, 0.5) is 0 Å². The maximum atomic E-state index is 11.9. The lowest BCUT2D eigenvalue weighted by atomic mass is 10.2. The molecule has 1 fully saturated rings. The number of carbonyl (C=O) groups is 1. The molecule has 112 valence electrons. The number of carbonyl (C=O) groups excluding carboxylic acids is 1. The van der Waals surface area contributed by atoms with E-state index in [1.807, 2.05) is 12.1 Å². The van der Waals surface area contributed by atoms with Gasteiger partial charge in [-0.15, -0.1) is 0 Å². The molecule has 1 aliphatic rings. The number of aromatic nitrogens is 2. The average molecular weight is 295 g/mol. The van der Waals surface area contributed by atoms with Crippen LogP contribution in [0.5, 0.6) is 0 Å². The van der Waals surface area contributed by atoms with Crippen molar-refractivity contribution in [2.75, 3.05) is 0 Å². The predicted molar refractivity (Wildman–Crippen MR) is 82.6 cm³/mol. The van der Waals surface area contributed by atoms with Gasteiger partial charge in [-0.3, -0.25) is 4.79 Å². The second kappa shape index (κ2) is 5.02. The zero-order chi connectivity index (χ0) is 15.1. The Morgan fingerprint density at radius 1 is 1.41 bits per heavy atom. The summed E-state index contributed by atoms with van der Waals surface area (Å²) >= 11 is 0. The highest BCUT2D eigenvalue weighted by Crippen LogP contribution is 2.40. The van der Waals surface area contributed by atoms with E-state index in [2.05, 4.69) is 23.0 Å². The average Bonchev–Trinajstić information content (AvgIpc) is 3.11. The highest BCUT2D eigenvalue weighted by molar-refractivity contribution is 5.91. The second-order valence-corrected chi connectivity index (χ2v) is 5.79. The maximum Gasteiger partial charge on any atom is 0.287 e. The quantitative estimate of drug-likeness (QED) is 0.805. The van der Waals surface area contributed by atoms with Crippen LogP contribution in [0.2, 0.25) is 0 Å². The summed E-state index contributed by atoms with van der Waals surface area (Å²) < 4.78 is 7.26. The summed E-state index contributed by atoms with van der Waals surface area (Å²) in [7, 11) is 2.07. The summed E-state index contributed by atoms with van der Waals surface area (Å²) in [5, 5.41) is 2.86. The van der Waals surface area contributed by atoms with Gasteiger partial charge in [0.1, 0.15) is 5.82 Å². The molecule has 3 aromatic rings. The Kier molecular flexibility index (Phi) is 2.99. The lowest BCUT2D eigenvalue weighted by Crippen LogP contribution is -2.22. The van der Waals surface area contributed by atoms with E-state index in [-0.39, 0.29) is 5.91 Å². The topological polar surface area (TPSA) is 60.1 Å². The Bertz CT molecular complexity index is 829. The number of fused-ring (bicyclic) bond motifs is 1. The number of aryl methyl sites for hydroxylation is 1. The molecule has 0 radical (unpaired) electrons. The zero-order valence-electron chi connectivity index (χ0n) is 12.4. The number of nitrogens with zero attached hydrogens (tertiary/aromatic N) is 2. The molecule has 5 nitrogen and oxygen atoms in total. The van der Waals surface area contributed by atoms with E-state index in [1.54, 1.807) is 12.1 Å². The van der Waals surface area contributed by atoms with E-state index in [0.717, 1.165) is 16.6 Å². The predicted octanol–water partition coefficient (Wildman–Crippen LogP) is 2.97. The number of rotatable bonds is 4. The third kappa shape index (κ3) is 2.28. The van der Waals surface area contributed by atoms with Crippen LogP contribution in [0, 0.1) is 0 Å². The summed E-state index contributed by atoms with van der Waals surface area (Å²) in [6, 6.07) is 9.50. The molecule has 0 aliphatic heterocycles. The van der Waals surface area contributed by atoms with Gasteiger partial charge in [0, 0.05) is 19.5 Å². The van der Waals surface area contributed by atoms with Gasteiger partial charge in [-0.05, 0) is 42.7 Å². The van der Waals surface area contributed by atoms with Crippen molar-refractivity contribution in [3.05, 3.63) is 53.7 Å². The zero-order valence-corrected chi connectivity index (χ0v) is 12.4. The van der Waals surface area contributed by atoms with Gasteiger partial charge in [-0.2, -0.15) is 0 Å². The number of hydrogen-bond donors (Lipinski definition) is 1. The minimum Gasteiger partial charge on any atom is -0.459 e. The van der Waals surface area contributed by atoms with Gasteiger partial charge in [-0.25, -0.2) is 4.98 Å². The first-order valence-electron chi connectivity index (χ1n) is 7.49. The van der Waals surface area contributed by atoms with Crippen LogP contribution in [0.3, 0.4) is 0 Å². The molecule has 5 heteroatoms. The Labute approximate surface area is 127 Å². The number of amides is 1. The Balaban J connectivity index is 1.54. The highest BCUT2D eigenvalue weighted by Gasteiger charge is 2.28. The maximum absolute atomic E-state index is 11.9. The van der Waals surface area contributed by atoms with Gasteiger partial charge in [-0.1, -0.05) is 6.07 Å². The molecule has 0 saturated heterocycles. The van der Waals surface area contributed by atoms with Crippen molar-refractivity contribution < 1.29 is 9.21 Å². The molecular formula is C17H17N3O2.